The number of esters is 1. The summed E-state index contributed by atoms with van der Waals surface area (Å²) < 4.78 is 29.0. The minimum atomic E-state index is -0.587. The maximum atomic E-state index is 12.2. The Kier molecular flexibility index (Phi) is 13.4. The normalized spacial score (nSPS) is 13.2. The third-order valence-corrected chi connectivity index (χ3v) is 8.71. The first-order chi connectivity index (χ1) is 23.1. The summed E-state index contributed by atoms with van der Waals surface area (Å²) >= 11 is 0. The zero-order valence-electron chi connectivity index (χ0n) is 30.1. The Labute approximate surface area is 287 Å². The second kappa shape index (κ2) is 17.4. The van der Waals surface area contributed by atoms with E-state index in [0.717, 1.165) is 85.2 Å². The maximum Gasteiger partial charge on any atom is 0.314 e. The van der Waals surface area contributed by atoms with Crippen molar-refractivity contribution >= 4 is 17.1 Å². The van der Waals surface area contributed by atoms with E-state index in [0.29, 0.717) is 5.75 Å². The SMILES string of the molecule is CCC(=C(c1ccc(OCOC(=O)C(C)(C)C)cc1)c1ccc(OC(CN(CC)CC)CN(CC)CC)cc1)c1ccc2c(c1)OCO2. The number of benzene rings is 3. The molecule has 0 saturated carbocycles. The highest BCUT2D eigenvalue weighted by Crippen LogP contribution is 2.40. The van der Waals surface area contributed by atoms with Gasteiger partial charge in [-0.1, -0.05) is 65.0 Å². The lowest BCUT2D eigenvalue weighted by atomic mass is 9.88. The van der Waals surface area contributed by atoms with Gasteiger partial charge in [0, 0.05) is 13.1 Å². The molecule has 0 unspecified atom stereocenters. The number of carbonyl (C=O) groups is 1. The maximum absolute atomic E-state index is 12.2. The molecule has 0 saturated heterocycles. The van der Waals surface area contributed by atoms with E-state index in [1.807, 2.05) is 51.1 Å². The molecule has 0 N–H and O–H groups in total. The van der Waals surface area contributed by atoms with Crippen molar-refractivity contribution in [3.8, 4) is 23.0 Å². The van der Waals surface area contributed by atoms with Crippen LogP contribution in [0.2, 0.25) is 0 Å². The lowest BCUT2D eigenvalue weighted by molar-refractivity contribution is -0.159. The highest BCUT2D eigenvalue weighted by Gasteiger charge is 2.23. The summed E-state index contributed by atoms with van der Waals surface area (Å²) in [7, 11) is 0. The molecule has 0 aromatic heterocycles. The van der Waals surface area contributed by atoms with Crippen LogP contribution in [0, 0.1) is 5.41 Å². The first-order valence-corrected chi connectivity index (χ1v) is 17.3. The fraction of sp³-hybridized carbons (Fsp3) is 0.475. The molecule has 0 fully saturated rings. The van der Waals surface area contributed by atoms with Gasteiger partial charge in [-0.05, 0) is 118 Å². The number of rotatable bonds is 17. The van der Waals surface area contributed by atoms with Crippen LogP contribution < -0.4 is 18.9 Å². The second-order valence-corrected chi connectivity index (χ2v) is 13.0. The lowest BCUT2D eigenvalue weighted by Gasteiger charge is -2.30. The number of likely N-dealkylation sites (N-methyl/N-ethyl adjacent to an activating group) is 2. The van der Waals surface area contributed by atoms with Crippen LogP contribution in [0.3, 0.4) is 0 Å². The van der Waals surface area contributed by atoms with E-state index in [1.165, 1.54) is 5.57 Å². The number of carbonyl (C=O) groups excluding carboxylic acids is 1. The first kappa shape index (κ1) is 36.8. The fourth-order valence-corrected chi connectivity index (χ4v) is 5.77. The number of hydrogen-bond donors (Lipinski definition) is 0. The Morgan fingerprint density at radius 3 is 1.77 bits per heavy atom. The van der Waals surface area contributed by atoms with Crippen LogP contribution in [0.15, 0.2) is 66.7 Å². The van der Waals surface area contributed by atoms with Crippen molar-refractivity contribution in [2.24, 2.45) is 5.41 Å². The molecule has 4 rings (SSSR count). The Hall–Kier alpha value is -4.01. The van der Waals surface area contributed by atoms with E-state index in [1.54, 1.807) is 0 Å². The van der Waals surface area contributed by atoms with E-state index in [-0.39, 0.29) is 25.7 Å². The van der Waals surface area contributed by atoms with Crippen molar-refractivity contribution in [1.29, 1.82) is 0 Å². The van der Waals surface area contributed by atoms with Gasteiger partial charge in [-0.25, -0.2) is 0 Å². The minimum Gasteiger partial charge on any atom is -0.488 e. The van der Waals surface area contributed by atoms with E-state index in [2.05, 4.69) is 80.8 Å². The molecule has 8 nitrogen and oxygen atoms in total. The summed E-state index contributed by atoms with van der Waals surface area (Å²) in [4.78, 5) is 17.0. The van der Waals surface area contributed by atoms with E-state index < -0.39 is 5.41 Å². The molecular weight excluding hydrogens is 604 g/mol. The van der Waals surface area contributed by atoms with Gasteiger partial charge in [0.05, 0.1) is 5.41 Å². The molecule has 48 heavy (non-hydrogen) atoms. The predicted octanol–water partition coefficient (Wildman–Crippen LogP) is 8.14. The topological polar surface area (TPSA) is 69.7 Å². The molecule has 0 aliphatic carbocycles. The van der Waals surface area contributed by atoms with E-state index in [9.17, 15) is 4.79 Å². The Bertz CT molecular complexity index is 1470. The Balaban J connectivity index is 1.66. The van der Waals surface area contributed by atoms with Crippen molar-refractivity contribution in [2.45, 2.75) is 67.9 Å². The number of hydrogen-bond acceptors (Lipinski definition) is 8. The Morgan fingerprint density at radius 1 is 0.729 bits per heavy atom. The number of allylic oxidation sites excluding steroid dienone is 1. The molecule has 1 aliphatic rings. The smallest absolute Gasteiger partial charge is 0.314 e. The number of ether oxygens (including phenoxy) is 5. The molecule has 0 bridgehead atoms. The van der Waals surface area contributed by atoms with Crippen LogP contribution in [0.1, 0.15) is 78.5 Å². The van der Waals surface area contributed by atoms with Crippen LogP contribution >= 0.6 is 0 Å². The molecule has 260 valence electrons. The van der Waals surface area contributed by atoms with Crippen molar-refractivity contribution in [1.82, 2.24) is 9.80 Å². The molecule has 0 atom stereocenters. The van der Waals surface area contributed by atoms with Gasteiger partial charge in [-0.3, -0.25) is 4.79 Å². The standard InChI is InChI=1S/C40H54N2O6/c1-9-35(31-18-23-36-37(24-31)46-28-45-36)38(29-14-19-32(20-15-29)44-27-47-39(43)40(6,7)8)30-16-21-33(22-17-30)48-34(25-41(10-2)11-3)26-42(12-4)13-5/h14-24,34H,9-13,25-28H2,1-8H3. The molecule has 0 spiro atoms. The molecule has 1 aliphatic heterocycles. The fourth-order valence-electron chi connectivity index (χ4n) is 5.77. The monoisotopic (exact) mass is 658 g/mol. The van der Waals surface area contributed by atoms with Crippen molar-refractivity contribution in [3.63, 3.8) is 0 Å². The van der Waals surface area contributed by atoms with Crippen molar-refractivity contribution in [3.05, 3.63) is 83.4 Å². The van der Waals surface area contributed by atoms with Gasteiger partial charge in [-0.2, -0.15) is 0 Å². The minimum absolute atomic E-state index is 0.0562. The number of nitrogens with zero attached hydrogens (tertiary/aromatic N) is 2. The third-order valence-electron chi connectivity index (χ3n) is 8.71. The zero-order valence-corrected chi connectivity index (χ0v) is 30.1. The summed E-state index contributed by atoms with van der Waals surface area (Å²) in [6.45, 7) is 22.3. The highest BCUT2D eigenvalue weighted by atomic mass is 16.7. The molecule has 0 radical (unpaired) electrons. The molecular formula is C40H54N2O6. The quantitative estimate of drug-likeness (QED) is 0.0818. The molecule has 3 aromatic rings. The van der Waals surface area contributed by atoms with Crippen LogP contribution in [0.25, 0.3) is 11.1 Å². The van der Waals surface area contributed by atoms with Crippen LogP contribution in [-0.4, -0.2) is 74.7 Å². The van der Waals surface area contributed by atoms with Crippen molar-refractivity contribution in [2.75, 3.05) is 52.9 Å². The predicted molar refractivity (Wildman–Crippen MR) is 193 cm³/mol. The van der Waals surface area contributed by atoms with Crippen LogP contribution in [-0.2, 0) is 9.53 Å². The van der Waals surface area contributed by atoms with Gasteiger partial charge >= 0.3 is 5.97 Å². The Morgan fingerprint density at radius 2 is 1.25 bits per heavy atom. The first-order valence-electron chi connectivity index (χ1n) is 17.3. The summed E-state index contributed by atoms with van der Waals surface area (Å²) in [6, 6.07) is 22.5. The van der Waals surface area contributed by atoms with Gasteiger partial charge in [-0.15, -0.1) is 0 Å². The van der Waals surface area contributed by atoms with E-state index >= 15 is 0 Å². The molecule has 3 aromatic carbocycles. The summed E-state index contributed by atoms with van der Waals surface area (Å²) in [5.41, 5.74) is 4.89. The molecule has 1 heterocycles. The second-order valence-electron chi connectivity index (χ2n) is 13.0. The highest BCUT2D eigenvalue weighted by molar-refractivity contribution is 5.99. The zero-order chi connectivity index (χ0) is 34.7. The van der Waals surface area contributed by atoms with Crippen LogP contribution in [0.4, 0.5) is 0 Å². The summed E-state index contributed by atoms with van der Waals surface area (Å²) in [5, 5.41) is 0. The lowest BCUT2D eigenvalue weighted by Crippen LogP contribution is -2.43. The third kappa shape index (κ3) is 9.77. The van der Waals surface area contributed by atoms with Crippen LogP contribution in [0.5, 0.6) is 23.0 Å². The van der Waals surface area contributed by atoms with Gasteiger partial charge in [0.25, 0.3) is 0 Å². The van der Waals surface area contributed by atoms with Gasteiger partial charge in [0.1, 0.15) is 17.6 Å². The summed E-state index contributed by atoms with van der Waals surface area (Å²) in [6.07, 6.45) is 0.852. The van der Waals surface area contributed by atoms with Gasteiger partial charge < -0.3 is 33.5 Å². The van der Waals surface area contributed by atoms with E-state index in [4.69, 9.17) is 23.7 Å². The average molecular weight is 659 g/mol. The van der Waals surface area contributed by atoms with Gasteiger partial charge in [0.2, 0.25) is 13.6 Å². The van der Waals surface area contributed by atoms with Gasteiger partial charge in [0.15, 0.2) is 11.5 Å². The molecule has 0 amide bonds. The van der Waals surface area contributed by atoms with Crippen molar-refractivity contribution < 1.29 is 28.5 Å². The largest absolute Gasteiger partial charge is 0.488 e. The molecule has 8 heteroatoms. The number of fused-ring (bicyclic) bond motifs is 1. The average Bonchev–Trinajstić information content (AvgIpc) is 3.57. The summed E-state index contributed by atoms with van der Waals surface area (Å²) in [5.74, 6) is 2.69.